The summed E-state index contributed by atoms with van der Waals surface area (Å²) in [5, 5.41) is 24.4. The van der Waals surface area contributed by atoms with Gasteiger partial charge < -0.3 is 14.4 Å². The number of ether oxygens (including phenoxy) is 2. The molecule has 29 heavy (non-hydrogen) atoms. The predicted molar refractivity (Wildman–Crippen MR) is 99.5 cm³/mol. The Balaban J connectivity index is 1.66. The van der Waals surface area contributed by atoms with Crippen LogP contribution in [0.1, 0.15) is 12.5 Å². The highest BCUT2D eigenvalue weighted by Crippen LogP contribution is 2.23. The molecule has 0 saturated carbocycles. The van der Waals surface area contributed by atoms with Crippen LogP contribution in [0, 0.1) is 32.1 Å². The van der Waals surface area contributed by atoms with Gasteiger partial charge in [-0.05, 0) is 11.5 Å². The largest absolute Gasteiger partial charge is 0.444 e. The van der Waals surface area contributed by atoms with Gasteiger partial charge in [0.25, 0.3) is 11.6 Å². The zero-order valence-electron chi connectivity index (χ0n) is 15.8. The summed E-state index contributed by atoms with van der Waals surface area (Å²) in [6, 6.07) is 5.71. The van der Waals surface area contributed by atoms with Crippen molar-refractivity contribution in [2.45, 2.75) is 13.5 Å². The number of amides is 1. The average Bonchev–Trinajstić information content (AvgIpc) is 3.26. The van der Waals surface area contributed by atoms with Gasteiger partial charge in [-0.25, -0.2) is 19.8 Å². The number of nitro groups is 2. The Morgan fingerprint density at radius 3 is 2.76 bits per heavy atom. The van der Waals surface area contributed by atoms with Gasteiger partial charge in [-0.15, -0.1) is 0 Å². The molecule has 2 heterocycles. The molecule has 0 spiro atoms. The highest BCUT2D eigenvalue weighted by Gasteiger charge is 2.38. The van der Waals surface area contributed by atoms with Crippen molar-refractivity contribution < 1.29 is 24.2 Å². The van der Waals surface area contributed by atoms with E-state index in [9.17, 15) is 25.0 Å². The highest BCUT2D eigenvalue weighted by molar-refractivity contribution is 5.95. The molecule has 2 atom stereocenters. The van der Waals surface area contributed by atoms with Crippen molar-refractivity contribution in [3.8, 4) is 0 Å². The minimum absolute atomic E-state index is 0.0712. The Bertz CT molecular complexity index is 830. The van der Waals surface area contributed by atoms with Crippen LogP contribution in [-0.4, -0.2) is 64.7 Å². The summed E-state index contributed by atoms with van der Waals surface area (Å²) < 4.78 is 10.6. The molecule has 1 aromatic carbocycles. The maximum atomic E-state index is 12.5. The maximum absolute atomic E-state index is 12.5. The van der Waals surface area contributed by atoms with Crippen molar-refractivity contribution in [3.05, 3.63) is 50.1 Å². The van der Waals surface area contributed by atoms with Crippen LogP contribution >= 0.6 is 0 Å². The minimum atomic E-state index is -0.844. The zero-order chi connectivity index (χ0) is 21.0. The summed E-state index contributed by atoms with van der Waals surface area (Å²) in [6.07, 6.45) is -0.796. The summed E-state index contributed by atoms with van der Waals surface area (Å²) >= 11 is 0. The molecular weight excluding hydrogens is 386 g/mol. The number of rotatable bonds is 6. The van der Waals surface area contributed by atoms with E-state index in [1.54, 1.807) is 11.0 Å². The van der Waals surface area contributed by atoms with E-state index in [-0.39, 0.29) is 30.7 Å². The molecule has 2 fully saturated rings. The fraction of sp³-hybridized carbons (Fsp3) is 0.529. The molecule has 0 bridgehead atoms. The third-order valence-electron chi connectivity index (χ3n) is 4.97. The number of carbonyl (C=O) groups is 1. The van der Waals surface area contributed by atoms with Crippen molar-refractivity contribution in [3.63, 3.8) is 0 Å². The molecule has 3 rings (SSSR count). The zero-order valence-corrected chi connectivity index (χ0v) is 15.8. The van der Waals surface area contributed by atoms with Crippen molar-refractivity contribution >= 4 is 17.7 Å². The number of carbonyl (C=O) groups excluding carboxylic acids is 1. The summed E-state index contributed by atoms with van der Waals surface area (Å²) in [7, 11) is 0. The van der Waals surface area contributed by atoms with E-state index in [0.29, 0.717) is 37.8 Å². The van der Waals surface area contributed by atoms with Crippen LogP contribution in [0.15, 0.2) is 29.4 Å². The summed E-state index contributed by atoms with van der Waals surface area (Å²) in [4.78, 5) is 36.6. The van der Waals surface area contributed by atoms with E-state index in [1.165, 1.54) is 18.2 Å². The molecule has 0 aliphatic carbocycles. The molecule has 12 nitrogen and oxygen atoms in total. The van der Waals surface area contributed by atoms with Crippen LogP contribution in [0.3, 0.4) is 0 Å². The molecule has 1 aromatic rings. The van der Waals surface area contributed by atoms with E-state index in [1.807, 2.05) is 6.92 Å². The molecule has 2 aliphatic heterocycles. The van der Waals surface area contributed by atoms with Crippen LogP contribution < -0.4 is 0 Å². The number of nitro benzene ring substituents is 1. The van der Waals surface area contributed by atoms with Gasteiger partial charge in [-0.3, -0.25) is 10.1 Å². The van der Waals surface area contributed by atoms with E-state index >= 15 is 0 Å². The predicted octanol–water partition coefficient (Wildman–Crippen LogP) is 1.68. The first kappa shape index (κ1) is 20.5. The second-order valence-electron chi connectivity index (χ2n) is 6.99. The maximum Gasteiger partial charge on any atom is 0.417 e. The fourth-order valence-electron chi connectivity index (χ4n) is 3.33. The van der Waals surface area contributed by atoms with Gasteiger partial charge in [-0.1, -0.05) is 19.1 Å². The first-order chi connectivity index (χ1) is 13.8. The first-order valence-corrected chi connectivity index (χ1v) is 9.08. The van der Waals surface area contributed by atoms with Crippen molar-refractivity contribution in [1.82, 2.24) is 9.80 Å². The summed E-state index contributed by atoms with van der Waals surface area (Å²) in [5.74, 6) is 0.424. The lowest BCUT2D eigenvalue weighted by Gasteiger charge is -2.23. The van der Waals surface area contributed by atoms with Gasteiger partial charge in [0.2, 0.25) is 0 Å². The smallest absolute Gasteiger partial charge is 0.417 e. The Labute approximate surface area is 166 Å². The van der Waals surface area contributed by atoms with Gasteiger partial charge in [0.15, 0.2) is 5.03 Å². The number of non-ortho nitro benzene ring substituents is 1. The number of guanidine groups is 1. The molecule has 2 aliphatic rings. The summed E-state index contributed by atoms with van der Waals surface area (Å²) in [6.45, 7) is 4.11. The number of nitrogens with zero attached hydrogens (tertiary/aromatic N) is 5. The van der Waals surface area contributed by atoms with E-state index < -0.39 is 16.0 Å². The number of benzene rings is 1. The second kappa shape index (κ2) is 8.82. The molecule has 0 N–H and O–H groups in total. The third kappa shape index (κ3) is 4.96. The highest BCUT2D eigenvalue weighted by atomic mass is 16.7. The molecule has 12 heteroatoms. The monoisotopic (exact) mass is 407 g/mol. The standard InChI is InChI=1S/C17H21N5O7/c1-12-9-28-11-14(12)8-19-5-6-20(16(19)18-22(26)27)17(23)29-10-13-3-2-4-15(7-13)21(24)25/h2-4,7,12,14H,5-6,8-11H2,1H3. The topological polar surface area (TPSA) is 141 Å². The van der Waals surface area contributed by atoms with E-state index in [2.05, 4.69) is 5.10 Å². The quantitative estimate of drug-likeness (QED) is 0.512. The van der Waals surface area contributed by atoms with E-state index in [0.717, 1.165) is 4.90 Å². The van der Waals surface area contributed by atoms with Crippen molar-refractivity contribution in [2.24, 2.45) is 16.9 Å². The van der Waals surface area contributed by atoms with Crippen LogP contribution in [-0.2, 0) is 16.1 Å². The lowest BCUT2D eigenvalue weighted by molar-refractivity contribution is -0.486. The van der Waals surface area contributed by atoms with Crippen LogP contribution in [0.4, 0.5) is 10.5 Å². The Morgan fingerprint density at radius 1 is 1.31 bits per heavy atom. The van der Waals surface area contributed by atoms with Gasteiger partial charge in [0.05, 0.1) is 18.1 Å². The van der Waals surface area contributed by atoms with Crippen LogP contribution in [0.2, 0.25) is 0 Å². The number of hydrogen-bond donors (Lipinski definition) is 0. The molecule has 156 valence electrons. The Morgan fingerprint density at radius 2 is 2.10 bits per heavy atom. The van der Waals surface area contributed by atoms with Crippen LogP contribution in [0.25, 0.3) is 0 Å². The minimum Gasteiger partial charge on any atom is -0.444 e. The number of hydrogen-bond acceptors (Lipinski definition) is 7. The van der Waals surface area contributed by atoms with Crippen molar-refractivity contribution in [1.29, 1.82) is 0 Å². The number of hydrazone groups is 1. The van der Waals surface area contributed by atoms with Crippen molar-refractivity contribution in [2.75, 3.05) is 32.8 Å². The molecule has 1 amide bonds. The SMILES string of the molecule is CC1COCC1CN1CCN(C(=O)OCc2cccc([N+](=O)[O-])c2)C1=N[N+](=O)[O-]. The second-order valence-corrected chi connectivity index (χ2v) is 6.99. The first-order valence-electron chi connectivity index (χ1n) is 9.08. The Kier molecular flexibility index (Phi) is 6.22. The average molecular weight is 407 g/mol. The fourth-order valence-corrected chi connectivity index (χ4v) is 3.33. The molecule has 2 saturated heterocycles. The van der Waals surface area contributed by atoms with Gasteiger partial charge in [-0.2, -0.15) is 0 Å². The Hall–Kier alpha value is -3.28. The van der Waals surface area contributed by atoms with Gasteiger partial charge >= 0.3 is 6.09 Å². The van der Waals surface area contributed by atoms with Gasteiger partial charge in [0.1, 0.15) is 11.7 Å². The lowest BCUT2D eigenvalue weighted by atomic mass is 9.98. The normalized spacial score (nSPS) is 22.9. The van der Waals surface area contributed by atoms with Crippen LogP contribution in [0.5, 0.6) is 0 Å². The molecular formula is C17H21N5O7. The molecule has 0 radical (unpaired) electrons. The van der Waals surface area contributed by atoms with Gasteiger partial charge in [0, 0.05) is 37.7 Å². The molecule has 2 unspecified atom stereocenters. The third-order valence-corrected chi connectivity index (χ3v) is 4.97. The summed E-state index contributed by atoms with van der Waals surface area (Å²) in [5.41, 5.74) is 0.322. The lowest BCUT2D eigenvalue weighted by Crippen LogP contribution is -2.41. The van der Waals surface area contributed by atoms with E-state index in [4.69, 9.17) is 9.47 Å². The molecule has 0 aromatic heterocycles.